The minimum absolute atomic E-state index is 0.117. The summed E-state index contributed by atoms with van der Waals surface area (Å²) >= 11 is 0. The van der Waals surface area contributed by atoms with Gasteiger partial charge in [0, 0.05) is 29.2 Å². The maximum atomic E-state index is 13.3. The summed E-state index contributed by atoms with van der Waals surface area (Å²) in [7, 11) is 1.04. The Bertz CT molecular complexity index is 744. The average Bonchev–Trinajstić information content (AvgIpc) is 2.90. The van der Waals surface area contributed by atoms with E-state index < -0.39 is 25.7 Å². The van der Waals surface area contributed by atoms with Crippen LogP contribution in [0.3, 0.4) is 0 Å². The summed E-state index contributed by atoms with van der Waals surface area (Å²) in [6, 6.07) is 6.19. The van der Waals surface area contributed by atoms with Crippen molar-refractivity contribution in [2.45, 2.75) is 11.3 Å². The van der Waals surface area contributed by atoms with Crippen LogP contribution in [0, 0.1) is 5.82 Å². The lowest BCUT2D eigenvalue weighted by Crippen LogP contribution is -2.25. The Balaban J connectivity index is 2.07. The van der Waals surface area contributed by atoms with Crippen molar-refractivity contribution >= 4 is 25.6 Å². The van der Waals surface area contributed by atoms with Gasteiger partial charge in [0.1, 0.15) is 11.6 Å². The van der Waals surface area contributed by atoms with Crippen molar-refractivity contribution in [3.63, 3.8) is 0 Å². The molecule has 0 saturated heterocycles. The van der Waals surface area contributed by atoms with E-state index in [9.17, 15) is 17.6 Å². The fourth-order valence-corrected chi connectivity index (χ4v) is 2.48. The van der Waals surface area contributed by atoms with Crippen molar-refractivity contribution in [1.29, 1.82) is 0 Å². The van der Waals surface area contributed by atoms with Gasteiger partial charge in [-0.25, -0.2) is 12.8 Å². The summed E-state index contributed by atoms with van der Waals surface area (Å²) in [5, 5.41) is 2.54. The summed E-state index contributed by atoms with van der Waals surface area (Å²) in [4.78, 5) is 11.4. The molecule has 2 rings (SSSR count). The van der Waals surface area contributed by atoms with Crippen LogP contribution in [0.5, 0.6) is 0 Å². The molecule has 112 valence electrons. The van der Waals surface area contributed by atoms with Gasteiger partial charge in [0.15, 0.2) is 0 Å². The second-order valence-corrected chi connectivity index (χ2v) is 6.76. The molecule has 1 aromatic carbocycles. The molecule has 0 radical (unpaired) electrons. The molecule has 0 unspecified atom stereocenters. The zero-order valence-electron chi connectivity index (χ0n) is 10.7. The van der Waals surface area contributed by atoms with E-state index in [0.29, 0.717) is 12.2 Å². The number of hydrogen-bond acceptors (Lipinski definition) is 4. The number of furan rings is 1. The first-order valence-electron chi connectivity index (χ1n) is 5.92. The Hall–Kier alpha value is -1.86. The molecule has 5 nitrogen and oxygen atoms in total. The normalized spacial score (nSPS) is 11.3. The van der Waals surface area contributed by atoms with Crippen LogP contribution in [-0.4, -0.2) is 20.9 Å². The van der Waals surface area contributed by atoms with Crippen molar-refractivity contribution in [2.75, 3.05) is 6.54 Å². The molecule has 1 heterocycles. The van der Waals surface area contributed by atoms with Gasteiger partial charge in [0.05, 0.1) is 11.2 Å². The standard InChI is InChI=1S/C13H11ClFNO4S/c14-21(18,19)12-7-9(6-10(15)8-12)13(17)16-4-3-11-2-1-5-20-11/h1-2,5-8H,3-4H2,(H,16,17). The summed E-state index contributed by atoms with van der Waals surface area (Å²) in [5.74, 6) is -0.755. The highest BCUT2D eigenvalue weighted by molar-refractivity contribution is 8.13. The Morgan fingerprint density at radius 2 is 2.10 bits per heavy atom. The van der Waals surface area contributed by atoms with Gasteiger partial charge >= 0.3 is 0 Å². The highest BCUT2D eigenvalue weighted by atomic mass is 35.7. The lowest BCUT2D eigenvalue weighted by Gasteiger charge is -2.06. The van der Waals surface area contributed by atoms with Crippen LogP contribution in [0.15, 0.2) is 45.9 Å². The number of amides is 1. The zero-order valence-corrected chi connectivity index (χ0v) is 12.2. The van der Waals surface area contributed by atoms with Crippen LogP contribution in [0.4, 0.5) is 4.39 Å². The molecule has 0 aliphatic rings. The third-order valence-corrected chi connectivity index (χ3v) is 3.99. The van der Waals surface area contributed by atoms with E-state index >= 15 is 0 Å². The molecule has 1 amide bonds. The molecule has 0 aliphatic carbocycles. The van der Waals surface area contributed by atoms with E-state index in [0.717, 1.165) is 18.2 Å². The van der Waals surface area contributed by atoms with Gasteiger partial charge in [-0.2, -0.15) is 0 Å². The molecule has 0 aliphatic heterocycles. The molecular weight excluding hydrogens is 321 g/mol. The largest absolute Gasteiger partial charge is 0.469 e. The topological polar surface area (TPSA) is 76.4 Å². The quantitative estimate of drug-likeness (QED) is 0.853. The smallest absolute Gasteiger partial charge is 0.261 e. The number of halogens is 2. The van der Waals surface area contributed by atoms with Crippen LogP contribution in [0.1, 0.15) is 16.1 Å². The Kier molecular flexibility index (Phi) is 4.64. The third-order valence-electron chi connectivity index (χ3n) is 2.65. The fraction of sp³-hybridized carbons (Fsp3) is 0.154. The molecule has 0 atom stereocenters. The van der Waals surface area contributed by atoms with E-state index in [1.54, 1.807) is 12.1 Å². The van der Waals surface area contributed by atoms with Crippen LogP contribution in [-0.2, 0) is 15.5 Å². The van der Waals surface area contributed by atoms with Crippen LogP contribution < -0.4 is 5.32 Å². The van der Waals surface area contributed by atoms with Crippen molar-refractivity contribution in [2.24, 2.45) is 0 Å². The molecule has 1 N–H and O–H groups in total. The zero-order chi connectivity index (χ0) is 15.5. The van der Waals surface area contributed by atoms with Crippen LogP contribution in [0.2, 0.25) is 0 Å². The van der Waals surface area contributed by atoms with Crippen molar-refractivity contribution in [3.05, 3.63) is 53.7 Å². The molecular formula is C13H11ClFNO4S. The first-order chi connectivity index (χ1) is 9.86. The van der Waals surface area contributed by atoms with Crippen molar-refractivity contribution in [3.8, 4) is 0 Å². The first-order valence-corrected chi connectivity index (χ1v) is 8.23. The van der Waals surface area contributed by atoms with E-state index in [2.05, 4.69) is 5.32 Å². The number of rotatable bonds is 5. The third kappa shape index (κ3) is 4.30. The Morgan fingerprint density at radius 1 is 1.33 bits per heavy atom. The highest BCUT2D eigenvalue weighted by Gasteiger charge is 2.16. The van der Waals surface area contributed by atoms with Crippen LogP contribution >= 0.6 is 10.7 Å². The molecule has 21 heavy (non-hydrogen) atoms. The van der Waals surface area contributed by atoms with Gasteiger partial charge in [-0.05, 0) is 30.3 Å². The SMILES string of the molecule is O=C(NCCc1ccco1)c1cc(F)cc(S(=O)(=O)Cl)c1. The van der Waals surface area contributed by atoms with Gasteiger partial charge in [-0.15, -0.1) is 0 Å². The van der Waals surface area contributed by atoms with E-state index in [-0.39, 0.29) is 12.1 Å². The fourth-order valence-electron chi connectivity index (χ4n) is 1.69. The molecule has 8 heteroatoms. The van der Waals surface area contributed by atoms with Crippen molar-refractivity contribution < 1.29 is 22.0 Å². The van der Waals surface area contributed by atoms with Gasteiger partial charge in [0.2, 0.25) is 0 Å². The van der Waals surface area contributed by atoms with Crippen LogP contribution in [0.25, 0.3) is 0 Å². The molecule has 0 saturated carbocycles. The second-order valence-electron chi connectivity index (χ2n) is 4.20. The van der Waals surface area contributed by atoms with Gasteiger partial charge in [-0.1, -0.05) is 0 Å². The van der Waals surface area contributed by atoms with E-state index in [4.69, 9.17) is 15.1 Å². The minimum atomic E-state index is -4.10. The maximum Gasteiger partial charge on any atom is 0.261 e. The summed E-state index contributed by atoms with van der Waals surface area (Å²) in [5.41, 5.74) is -0.117. The van der Waals surface area contributed by atoms with Gasteiger partial charge in [0.25, 0.3) is 15.0 Å². The molecule has 0 spiro atoms. The highest BCUT2D eigenvalue weighted by Crippen LogP contribution is 2.18. The monoisotopic (exact) mass is 331 g/mol. The lowest BCUT2D eigenvalue weighted by molar-refractivity contribution is 0.0953. The van der Waals surface area contributed by atoms with E-state index in [1.807, 2.05) is 0 Å². The number of benzene rings is 1. The first kappa shape index (κ1) is 15.5. The summed E-state index contributed by atoms with van der Waals surface area (Å²) in [6.45, 7) is 0.270. The van der Waals surface area contributed by atoms with E-state index in [1.165, 1.54) is 6.26 Å². The Labute approximate surface area is 125 Å². The number of hydrogen-bond donors (Lipinski definition) is 1. The maximum absolute atomic E-state index is 13.3. The van der Waals surface area contributed by atoms with Gasteiger partial charge in [-0.3, -0.25) is 4.79 Å². The van der Waals surface area contributed by atoms with Crippen molar-refractivity contribution in [1.82, 2.24) is 5.32 Å². The molecule has 0 fully saturated rings. The lowest BCUT2D eigenvalue weighted by atomic mass is 10.2. The molecule has 0 bridgehead atoms. The second kappa shape index (κ2) is 6.28. The van der Waals surface area contributed by atoms with Gasteiger partial charge < -0.3 is 9.73 Å². The summed E-state index contributed by atoms with van der Waals surface area (Å²) < 4.78 is 40.8. The average molecular weight is 332 g/mol. The Morgan fingerprint density at radius 3 is 2.71 bits per heavy atom. The predicted octanol–water partition coefficient (Wildman–Crippen LogP) is 2.32. The molecule has 2 aromatic rings. The summed E-state index contributed by atoms with van der Waals surface area (Å²) in [6.07, 6.45) is 1.98. The predicted molar refractivity (Wildman–Crippen MR) is 74.2 cm³/mol. The minimum Gasteiger partial charge on any atom is -0.469 e. The molecule has 1 aromatic heterocycles. The number of nitrogens with one attached hydrogen (secondary N) is 1. The number of carbonyl (C=O) groups excluding carboxylic acids is 1. The number of carbonyl (C=O) groups is 1.